The molecule has 2 N–H and O–H groups in total. The number of carbonyl (C=O) groups is 1. The largest absolute Gasteiger partial charge is 0.392 e. The van der Waals surface area contributed by atoms with Crippen LogP contribution in [0, 0.1) is 11.7 Å². The molecule has 1 rings (SSSR count). The number of amides is 1. The van der Waals surface area contributed by atoms with Gasteiger partial charge in [0.05, 0.1) is 6.10 Å². The number of rotatable bonds is 5. The smallest absolute Gasteiger partial charge is 0.223 e. The molecule has 0 aliphatic heterocycles. The Hall–Kier alpha value is -1.42. The highest BCUT2D eigenvalue weighted by molar-refractivity contribution is 5.78. The molecule has 0 aliphatic rings. The molecule has 1 amide bonds. The Bertz CT molecular complexity index is 379. The van der Waals surface area contributed by atoms with E-state index in [9.17, 15) is 9.18 Å². The molecule has 2 unspecified atom stereocenters. The average Bonchev–Trinajstić information content (AvgIpc) is 2.28. The average molecular weight is 239 g/mol. The van der Waals surface area contributed by atoms with Crippen LogP contribution in [0.25, 0.3) is 0 Å². The summed E-state index contributed by atoms with van der Waals surface area (Å²) in [6.07, 6.45) is -0.210. The standard InChI is InChI=1S/C13H18FNO2/c1-9(13(17)15-8-10(2)16)7-11-5-3-4-6-12(11)14/h3-6,9-10,16H,7-8H2,1-2H3,(H,15,17). The Kier molecular flexibility index (Phi) is 5.10. The molecule has 17 heavy (non-hydrogen) atoms. The highest BCUT2D eigenvalue weighted by atomic mass is 19.1. The lowest BCUT2D eigenvalue weighted by atomic mass is 10.00. The zero-order valence-electron chi connectivity index (χ0n) is 10.1. The minimum absolute atomic E-state index is 0.172. The van der Waals surface area contributed by atoms with Crippen LogP contribution in [0.5, 0.6) is 0 Å². The van der Waals surface area contributed by atoms with Gasteiger partial charge in [-0.3, -0.25) is 4.79 Å². The molecule has 0 saturated heterocycles. The number of nitrogens with one attached hydrogen (secondary N) is 1. The lowest BCUT2D eigenvalue weighted by molar-refractivity contribution is -0.124. The van der Waals surface area contributed by atoms with E-state index in [1.165, 1.54) is 6.07 Å². The predicted molar refractivity (Wildman–Crippen MR) is 64.0 cm³/mol. The van der Waals surface area contributed by atoms with Crippen LogP contribution < -0.4 is 5.32 Å². The molecule has 0 fully saturated rings. The summed E-state index contributed by atoms with van der Waals surface area (Å²) in [5, 5.41) is 11.7. The second-order valence-electron chi connectivity index (χ2n) is 4.29. The third-order valence-electron chi connectivity index (χ3n) is 2.50. The predicted octanol–water partition coefficient (Wildman–Crippen LogP) is 1.50. The Morgan fingerprint density at radius 1 is 1.41 bits per heavy atom. The zero-order chi connectivity index (χ0) is 12.8. The third-order valence-corrected chi connectivity index (χ3v) is 2.50. The van der Waals surface area contributed by atoms with Crippen LogP contribution in [0.15, 0.2) is 24.3 Å². The summed E-state index contributed by atoms with van der Waals surface area (Å²) in [4.78, 5) is 11.6. The van der Waals surface area contributed by atoms with Gasteiger partial charge >= 0.3 is 0 Å². The van der Waals surface area contributed by atoms with Gasteiger partial charge in [0.2, 0.25) is 5.91 Å². The highest BCUT2D eigenvalue weighted by Crippen LogP contribution is 2.12. The Morgan fingerprint density at radius 3 is 2.65 bits per heavy atom. The number of benzene rings is 1. The first-order chi connectivity index (χ1) is 8.00. The fourth-order valence-corrected chi connectivity index (χ4v) is 1.51. The molecular weight excluding hydrogens is 221 g/mol. The van der Waals surface area contributed by atoms with Gasteiger partial charge in [0.25, 0.3) is 0 Å². The van der Waals surface area contributed by atoms with Gasteiger partial charge in [0, 0.05) is 12.5 Å². The SMILES string of the molecule is CC(O)CNC(=O)C(C)Cc1ccccc1F. The lowest BCUT2D eigenvalue weighted by Crippen LogP contribution is -2.35. The summed E-state index contributed by atoms with van der Waals surface area (Å²) in [6.45, 7) is 3.56. The van der Waals surface area contributed by atoms with Gasteiger partial charge in [-0.1, -0.05) is 25.1 Å². The molecular formula is C13H18FNO2. The van der Waals surface area contributed by atoms with Crippen LogP contribution in [0.1, 0.15) is 19.4 Å². The molecule has 0 aromatic heterocycles. The number of aliphatic hydroxyl groups excluding tert-OH is 1. The van der Waals surface area contributed by atoms with Crippen molar-refractivity contribution < 1.29 is 14.3 Å². The molecule has 3 nitrogen and oxygen atoms in total. The molecule has 0 spiro atoms. The van der Waals surface area contributed by atoms with E-state index in [1.54, 1.807) is 32.0 Å². The monoisotopic (exact) mass is 239 g/mol. The van der Waals surface area contributed by atoms with Crippen molar-refractivity contribution in [2.75, 3.05) is 6.54 Å². The molecule has 0 heterocycles. The summed E-state index contributed by atoms with van der Waals surface area (Å²) < 4.78 is 13.4. The van der Waals surface area contributed by atoms with Gasteiger partial charge in [-0.2, -0.15) is 0 Å². The van der Waals surface area contributed by atoms with Crippen LogP contribution in [0.4, 0.5) is 4.39 Å². The minimum Gasteiger partial charge on any atom is -0.392 e. The van der Waals surface area contributed by atoms with Crippen molar-refractivity contribution in [3.63, 3.8) is 0 Å². The van der Waals surface area contributed by atoms with E-state index >= 15 is 0 Å². The van der Waals surface area contributed by atoms with E-state index in [0.717, 1.165) is 0 Å². The fraction of sp³-hybridized carbons (Fsp3) is 0.462. The Balaban J connectivity index is 2.51. The first-order valence-corrected chi connectivity index (χ1v) is 5.70. The van der Waals surface area contributed by atoms with Crippen LogP contribution >= 0.6 is 0 Å². The van der Waals surface area contributed by atoms with E-state index in [2.05, 4.69) is 5.32 Å². The maximum atomic E-state index is 13.4. The molecule has 2 atom stereocenters. The number of aliphatic hydroxyl groups is 1. The molecule has 0 bridgehead atoms. The summed E-state index contributed by atoms with van der Waals surface area (Å²) in [5.74, 6) is -0.775. The van der Waals surface area contributed by atoms with Crippen molar-refractivity contribution in [3.8, 4) is 0 Å². The van der Waals surface area contributed by atoms with Crippen molar-refractivity contribution in [1.29, 1.82) is 0 Å². The fourth-order valence-electron chi connectivity index (χ4n) is 1.51. The number of halogens is 1. The van der Waals surface area contributed by atoms with Gasteiger partial charge in [0.15, 0.2) is 0 Å². The number of carbonyl (C=O) groups excluding carboxylic acids is 1. The maximum Gasteiger partial charge on any atom is 0.223 e. The summed E-state index contributed by atoms with van der Waals surface area (Å²) >= 11 is 0. The summed E-state index contributed by atoms with van der Waals surface area (Å²) in [5.41, 5.74) is 0.534. The van der Waals surface area contributed by atoms with Crippen LogP contribution in [0.2, 0.25) is 0 Å². The molecule has 1 aromatic rings. The van der Waals surface area contributed by atoms with Crippen LogP contribution in [0.3, 0.4) is 0 Å². The maximum absolute atomic E-state index is 13.4. The number of hydrogen-bond acceptors (Lipinski definition) is 2. The lowest BCUT2D eigenvalue weighted by Gasteiger charge is -2.13. The normalized spacial score (nSPS) is 14.1. The molecule has 4 heteroatoms. The van der Waals surface area contributed by atoms with Crippen molar-refractivity contribution >= 4 is 5.91 Å². The van der Waals surface area contributed by atoms with Gasteiger partial charge in [-0.25, -0.2) is 4.39 Å². The second-order valence-corrected chi connectivity index (χ2v) is 4.29. The van der Waals surface area contributed by atoms with Crippen molar-refractivity contribution in [2.24, 2.45) is 5.92 Å². The number of hydrogen-bond donors (Lipinski definition) is 2. The topological polar surface area (TPSA) is 49.3 Å². The van der Waals surface area contributed by atoms with Crippen LogP contribution in [-0.4, -0.2) is 23.7 Å². The second kappa shape index (κ2) is 6.35. The molecule has 1 aromatic carbocycles. The van der Waals surface area contributed by atoms with Gasteiger partial charge in [-0.15, -0.1) is 0 Å². The van der Waals surface area contributed by atoms with Crippen molar-refractivity contribution in [3.05, 3.63) is 35.6 Å². The highest BCUT2D eigenvalue weighted by Gasteiger charge is 2.15. The van der Waals surface area contributed by atoms with Gasteiger partial charge < -0.3 is 10.4 Å². The Labute approximate surface area is 101 Å². The first kappa shape index (κ1) is 13.6. The van der Waals surface area contributed by atoms with Gasteiger partial charge in [0.1, 0.15) is 5.82 Å². The summed E-state index contributed by atoms with van der Waals surface area (Å²) in [6, 6.07) is 6.43. The summed E-state index contributed by atoms with van der Waals surface area (Å²) in [7, 11) is 0. The van der Waals surface area contributed by atoms with Crippen molar-refractivity contribution in [1.82, 2.24) is 5.32 Å². The quantitative estimate of drug-likeness (QED) is 0.818. The van der Waals surface area contributed by atoms with E-state index in [-0.39, 0.29) is 24.2 Å². The minimum atomic E-state index is -0.570. The van der Waals surface area contributed by atoms with Crippen LogP contribution in [-0.2, 0) is 11.2 Å². The van der Waals surface area contributed by atoms with E-state index < -0.39 is 6.10 Å². The Morgan fingerprint density at radius 2 is 2.06 bits per heavy atom. The molecule has 0 saturated carbocycles. The molecule has 94 valence electrons. The third kappa shape index (κ3) is 4.53. The first-order valence-electron chi connectivity index (χ1n) is 5.70. The van der Waals surface area contributed by atoms with E-state index in [0.29, 0.717) is 12.0 Å². The van der Waals surface area contributed by atoms with Gasteiger partial charge in [-0.05, 0) is 25.0 Å². The van der Waals surface area contributed by atoms with E-state index in [1.807, 2.05) is 0 Å². The zero-order valence-corrected chi connectivity index (χ0v) is 10.1. The van der Waals surface area contributed by atoms with E-state index in [4.69, 9.17) is 5.11 Å². The van der Waals surface area contributed by atoms with Crippen molar-refractivity contribution in [2.45, 2.75) is 26.4 Å². The molecule has 0 aliphatic carbocycles. The molecule has 0 radical (unpaired) electrons.